The number of rotatable bonds is 8. The lowest BCUT2D eigenvalue weighted by atomic mass is 10.2. The van der Waals surface area contributed by atoms with E-state index >= 15 is 0 Å². The molecule has 0 aliphatic rings. The van der Waals surface area contributed by atoms with Crippen molar-refractivity contribution in [3.05, 3.63) is 23.8 Å². The van der Waals surface area contributed by atoms with Gasteiger partial charge < -0.3 is 20.1 Å². The second-order valence-corrected chi connectivity index (χ2v) is 4.42. The predicted molar refractivity (Wildman–Crippen MR) is 74.2 cm³/mol. The SMILES string of the molecule is COc1ccc(CN(C)CCCCN)cc1OC. The van der Waals surface area contributed by atoms with Gasteiger partial charge in [0.1, 0.15) is 0 Å². The van der Waals surface area contributed by atoms with Crippen molar-refractivity contribution in [2.75, 3.05) is 34.4 Å². The quantitative estimate of drug-likeness (QED) is 0.718. The average Bonchev–Trinajstić information content (AvgIpc) is 2.39. The zero-order valence-corrected chi connectivity index (χ0v) is 11.6. The lowest BCUT2D eigenvalue weighted by Crippen LogP contribution is -2.19. The number of hydrogen-bond acceptors (Lipinski definition) is 4. The second-order valence-electron chi connectivity index (χ2n) is 4.42. The second kappa shape index (κ2) is 7.95. The summed E-state index contributed by atoms with van der Waals surface area (Å²) in [6.45, 7) is 2.74. The summed E-state index contributed by atoms with van der Waals surface area (Å²) >= 11 is 0. The molecule has 0 saturated carbocycles. The van der Waals surface area contributed by atoms with E-state index in [-0.39, 0.29) is 0 Å². The summed E-state index contributed by atoms with van der Waals surface area (Å²) in [5.74, 6) is 1.55. The van der Waals surface area contributed by atoms with E-state index in [4.69, 9.17) is 15.2 Å². The smallest absolute Gasteiger partial charge is 0.161 e. The van der Waals surface area contributed by atoms with Gasteiger partial charge in [-0.1, -0.05) is 6.07 Å². The molecule has 0 saturated heterocycles. The Kier molecular flexibility index (Phi) is 6.54. The molecule has 0 unspecified atom stereocenters. The van der Waals surface area contributed by atoms with Crippen molar-refractivity contribution in [1.29, 1.82) is 0 Å². The zero-order chi connectivity index (χ0) is 13.4. The van der Waals surface area contributed by atoms with Crippen molar-refractivity contribution >= 4 is 0 Å². The first-order valence-electron chi connectivity index (χ1n) is 6.30. The Labute approximate surface area is 110 Å². The number of nitrogens with two attached hydrogens (primary N) is 1. The van der Waals surface area contributed by atoms with Gasteiger partial charge in [0.05, 0.1) is 14.2 Å². The maximum absolute atomic E-state index is 5.49. The first-order chi connectivity index (χ1) is 8.71. The highest BCUT2D eigenvalue weighted by molar-refractivity contribution is 5.42. The topological polar surface area (TPSA) is 47.7 Å². The molecule has 1 aromatic carbocycles. The maximum Gasteiger partial charge on any atom is 0.161 e. The Morgan fingerprint density at radius 1 is 1.11 bits per heavy atom. The molecule has 0 fully saturated rings. The molecule has 0 aromatic heterocycles. The minimum Gasteiger partial charge on any atom is -0.493 e. The molecule has 0 heterocycles. The van der Waals surface area contributed by atoms with Crippen LogP contribution in [0, 0.1) is 0 Å². The molecule has 0 aliphatic carbocycles. The van der Waals surface area contributed by atoms with E-state index in [1.165, 1.54) is 5.56 Å². The van der Waals surface area contributed by atoms with E-state index < -0.39 is 0 Å². The van der Waals surface area contributed by atoms with Crippen molar-refractivity contribution in [1.82, 2.24) is 4.90 Å². The van der Waals surface area contributed by atoms with Gasteiger partial charge in [-0.2, -0.15) is 0 Å². The monoisotopic (exact) mass is 252 g/mol. The Morgan fingerprint density at radius 2 is 1.83 bits per heavy atom. The van der Waals surface area contributed by atoms with Gasteiger partial charge >= 0.3 is 0 Å². The minimum atomic E-state index is 0.768. The molecular formula is C14H24N2O2. The number of benzene rings is 1. The van der Waals surface area contributed by atoms with Crippen LogP contribution in [0.25, 0.3) is 0 Å². The molecule has 4 nitrogen and oxygen atoms in total. The number of ether oxygens (including phenoxy) is 2. The van der Waals surface area contributed by atoms with Crippen LogP contribution < -0.4 is 15.2 Å². The molecule has 1 aromatic rings. The molecule has 0 radical (unpaired) electrons. The highest BCUT2D eigenvalue weighted by atomic mass is 16.5. The van der Waals surface area contributed by atoms with Crippen LogP contribution in [0.3, 0.4) is 0 Å². The predicted octanol–water partition coefficient (Wildman–Crippen LogP) is 1.87. The Hall–Kier alpha value is -1.26. The van der Waals surface area contributed by atoms with Crippen molar-refractivity contribution in [3.63, 3.8) is 0 Å². The van der Waals surface area contributed by atoms with E-state index in [1.807, 2.05) is 12.1 Å². The summed E-state index contributed by atoms with van der Waals surface area (Å²) in [5, 5.41) is 0. The first kappa shape index (κ1) is 14.8. The van der Waals surface area contributed by atoms with Crippen LogP contribution in [0.5, 0.6) is 11.5 Å². The number of unbranched alkanes of at least 4 members (excludes halogenated alkanes) is 1. The van der Waals surface area contributed by atoms with E-state index in [2.05, 4.69) is 18.0 Å². The number of methoxy groups -OCH3 is 2. The first-order valence-corrected chi connectivity index (χ1v) is 6.30. The summed E-state index contributed by atoms with van der Waals surface area (Å²) in [5.41, 5.74) is 6.71. The summed E-state index contributed by atoms with van der Waals surface area (Å²) < 4.78 is 10.5. The Bertz CT molecular complexity index is 356. The molecule has 18 heavy (non-hydrogen) atoms. The van der Waals surface area contributed by atoms with E-state index in [1.54, 1.807) is 14.2 Å². The third-order valence-corrected chi connectivity index (χ3v) is 2.89. The van der Waals surface area contributed by atoms with E-state index in [9.17, 15) is 0 Å². The van der Waals surface area contributed by atoms with Gasteiger partial charge in [0.25, 0.3) is 0 Å². The highest BCUT2D eigenvalue weighted by Crippen LogP contribution is 2.27. The van der Waals surface area contributed by atoms with Crippen molar-refractivity contribution in [3.8, 4) is 11.5 Å². The van der Waals surface area contributed by atoms with Gasteiger partial charge in [0, 0.05) is 6.54 Å². The van der Waals surface area contributed by atoms with Crippen molar-refractivity contribution < 1.29 is 9.47 Å². The Morgan fingerprint density at radius 3 is 2.44 bits per heavy atom. The third kappa shape index (κ3) is 4.55. The lowest BCUT2D eigenvalue weighted by Gasteiger charge is -2.17. The normalized spacial score (nSPS) is 10.7. The van der Waals surface area contributed by atoms with Gasteiger partial charge in [-0.25, -0.2) is 0 Å². The summed E-state index contributed by atoms with van der Waals surface area (Å²) in [7, 11) is 5.43. The fourth-order valence-electron chi connectivity index (χ4n) is 1.90. The molecule has 1 rings (SSSR count). The van der Waals surface area contributed by atoms with Crippen LogP contribution in [0.4, 0.5) is 0 Å². The summed E-state index contributed by atoms with van der Waals surface area (Å²) in [6.07, 6.45) is 2.22. The van der Waals surface area contributed by atoms with Crippen LogP contribution in [0.15, 0.2) is 18.2 Å². The van der Waals surface area contributed by atoms with Crippen LogP contribution in [-0.4, -0.2) is 39.3 Å². The standard InChI is InChI=1S/C14H24N2O2/c1-16(9-5-4-8-15)11-12-6-7-13(17-2)14(10-12)18-3/h6-7,10H,4-5,8-9,11,15H2,1-3H3. The van der Waals surface area contributed by atoms with Gasteiger partial charge in [0.15, 0.2) is 11.5 Å². The van der Waals surface area contributed by atoms with E-state index in [0.717, 1.165) is 44.0 Å². The van der Waals surface area contributed by atoms with Crippen LogP contribution in [-0.2, 0) is 6.54 Å². The highest BCUT2D eigenvalue weighted by Gasteiger charge is 2.06. The van der Waals surface area contributed by atoms with Crippen LogP contribution >= 0.6 is 0 Å². The fraction of sp³-hybridized carbons (Fsp3) is 0.571. The molecule has 0 spiro atoms. The number of nitrogens with zero attached hydrogens (tertiary/aromatic N) is 1. The average molecular weight is 252 g/mol. The van der Waals surface area contributed by atoms with Crippen molar-refractivity contribution in [2.45, 2.75) is 19.4 Å². The fourth-order valence-corrected chi connectivity index (χ4v) is 1.90. The third-order valence-electron chi connectivity index (χ3n) is 2.89. The molecule has 0 bridgehead atoms. The molecular weight excluding hydrogens is 228 g/mol. The maximum atomic E-state index is 5.49. The number of hydrogen-bond donors (Lipinski definition) is 1. The molecule has 0 amide bonds. The van der Waals surface area contributed by atoms with Crippen molar-refractivity contribution in [2.24, 2.45) is 5.73 Å². The molecule has 102 valence electrons. The largest absolute Gasteiger partial charge is 0.493 e. The molecule has 2 N–H and O–H groups in total. The summed E-state index contributed by atoms with van der Waals surface area (Å²) in [4.78, 5) is 2.29. The van der Waals surface area contributed by atoms with E-state index in [0.29, 0.717) is 0 Å². The Balaban J connectivity index is 2.56. The molecule has 4 heteroatoms. The molecule has 0 atom stereocenters. The van der Waals surface area contributed by atoms with Gasteiger partial charge in [-0.15, -0.1) is 0 Å². The van der Waals surface area contributed by atoms with Gasteiger partial charge in [-0.05, 0) is 50.7 Å². The minimum absolute atomic E-state index is 0.768. The van der Waals surface area contributed by atoms with Crippen LogP contribution in [0.2, 0.25) is 0 Å². The summed E-state index contributed by atoms with van der Waals surface area (Å²) in [6, 6.07) is 6.04. The van der Waals surface area contributed by atoms with Gasteiger partial charge in [-0.3, -0.25) is 0 Å². The van der Waals surface area contributed by atoms with Gasteiger partial charge in [0.2, 0.25) is 0 Å². The lowest BCUT2D eigenvalue weighted by molar-refractivity contribution is 0.317. The molecule has 0 aliphatic heterocycles. The zero-order valence-electron chi connectivity index (χ0n) is 11.6. The van der Waals surface area contributed by atoms with Crippen LogP contribution in [0.1, 0.15) is 18.4 Å².